The molecule has 0 bridgehead atoms. The third kappa shape index (κ3) is 8.93. The van der Waals surface area contributed by atoms with Crippen molar-refractivity contribution in [2.45, 2.75) is 32.6 Å². The first-order valence-corrected chi connectivity index (χ1v) is 10.6. The highest BCUT2D eigenvalue weighted by atomic mass is 16.5. The summed E-state index contributed by atoms with van der Waals surface area (Å²) in [7, 11) is 4.13. The zero-order valence-electron chi connectivity index (χ0n) is 17.9. The lowest BCUT2D eigenvalue weighted by Gasteiger charge is -2.13. The van der Waals surface area contributed by atoms with E-state index in [0.29, 0.717) is 5.92 Å². The Balaban J connectivity index is 1.58. The molecule has 0 radical (unpaired) electrons. The highest BCUT2D eigenvalue weighted by molar-refractivity contribution is 5.79. The van der Waals surface area contributed by atoms with E-state index in [9.17, 15) is 0 Å². The van der Waals surface area contributed by atoms with Gasteiger partial charge in [0.25, 0.3) is 0 Å². The van der Waals surface area contributed by atoms with Crippen molar-refractivity contribution < 1.29 is 9.47 Å². The summed E-state index contributed by atoms with van der Waals surface area (Å²) in [6, 6.07) is 8.76. The van der Waals surface area contributed by atoms with Crippen molar-refractivity contribution in [3.05, 3.63) is 29.8 Å². The monoisotopic (exact) mass is 390 g/mol. The summed E-state index contributed by atoms with van der Waals surface area (Å²) in [5, 5.41) is 6.71. The molecule has 2 rings (SSSR count). The van der Waals surface area contributed by atoms with Gasteiger partial charge in [-0.3, -0.25) is 4.99 Å². The molecular formula is C22H38N4O2. The van der Waals surface area contributed by atoms with E-state index in [2.05, 4.69) is 65.8 Å². The zero-order valence-corrected chi connectivity index (χ0v) is 17.9. The number of aliphatic imine (C=N–C) groups is 1. The van der Waals surface area contributed by atoms with Crippen molar-refractivity contribution in [3.8, 4) is 0 Å². The van der Waals surface area contributed by atoms with Gasteiger partial charge in [0.2, 0.25) is 0 Å². The number of benzene rings is 1. The van der Waals surface area contributed by atoms with E-state index in [1.807, 2.05) is 0 Å². The van der Waals surface area contributed by atoms with Gasteiger partial charge in [0.15, 0.2) is 5.96 Å². The van der Waals surface area contributed by atoms with Gasteiger partial charge in [-0.25, -0.2) is 0 Å². The molecule has 0 amide bonds. The quantitative estimate of drug-likeness (QED) is 0.326. The predicted octanol–water partition coefficient (Wildman–Crippen LogP) is 2.68. The van der Waals surface area contributed by atoms with Crippen LogP contribution in [-0.4, -0.2) is 66.1 Å². The molecule has 158 valence electrons. The van der Waals surface area contributed by atoms with Crippen molar-refractivity contribution in [2.24, 2.45) is 10.9 Å². The van der Waals surface area contributed by atoms with Gasteiger partial charge in [-0.15, -0.1) is 0 Å². The standard InChI is InChI=1S/C22H38N4O2/c1-4-23-22(25-14-6-15-27-17-20-12-16-28-18-20)24-13-5-7-19-8-10-21(11-9-19)26(2)3/h8-11,20H,4-7,12-18H2,1-3H3,(H2,23,24,25). The van der Waals surface area contributed by atoms with Crippen LogP contribution in [0.1, 0.15) is 31.7 Å². The van der Waals surface area contributed by atoms with Gasteiger partial charge < -0.3 is 25.0 Å². The minimum absolute atomic E-state index is 0.589. The smallest absolute Gasteiger partial charge is 0.191 e. The molecule has 1 aliphatic heterocycles. The fourth-order valence-electron chi connectivity index (χ4n) is 3.12. The second kappa shape index (κ2) is 13.4. The first-order chi connectivity index (χ1) is 13.7. The molecule has 1 fully saturated rings. The summed E-state index contributed by atoms with van der Waals surface area (Å²) in [5.41, 5.74) is 2.60. The SMILES string of the molecule is CCNC(=NCCCc1ccc(N(C)C)cc1)NCCCOCC1CCOC1. The van der Waals surface area contributed by atoms with Crippen molar-refractivity contribution in [1.29, 1.82) is 0 Å². The Morgan fingerprint density at radius 1 is 1.21 bits per heavy atom. The molecular weight excluding hydrogens is 352 g/mol. The lowest BCUT2D eigenvalue weighted by Crippen LogP contribution is -2.38. The maximum Gasteiger partial charge on any atom is 0.191 e. The molecule has 1 aromatic rings. The second-order valence-corrected chi connectivity index (χ2v) is 7.51. The van der Waals surface area contributed by atoms with Gasteiger partial charge in [-0.05, 0) is 50.3 Å². The molecule has 0 spiro atoms. The van der Waals surface area contributed by atoms with Crippen LogP contribution in [0.5, 0.6) is 0 Å². The summed E-state index contributed by atoms with van der Waals surface area (Å²) in [5.74, 6) is 1.49. The Hall–Kier alpha value is -1.79. The van der Waals surface area contributed by atoms with E-state index in [1.54, 1.807) is 0 Å². The topological polar surface area (TPSA) is 58.1 Å². The van der Waals surface area contributed by atoms with Crippen molar-refractivity contribution >= 4 is 11.6 Å². The van der Waals surface area contributed by atoms with E-state index in [-0.39, 0.29) is 0 Å². The van der Waals surface area contributed by atoms with Crippen molar-refractivity contribution in [3.63, 3.8) is 0 Å². The largest absolute Gasteiger partial charge is 0.381 e. The third-order valence-corrected chi connectivity index (χ3v) is 4.83. The maximum absolute atomic E-state index is 5.75. The first-order valence-electron chi connectivity index (χ1n) is 10.6. The summed E-state index contributed by atoms with van der Waals surface area (Å²) >= 11 is 0. The molecule has 1 aliphatic rings. The van der Waals surface area contributed by atoms with Gasteiger partial charge in [0.1, 0.15) is 0 Å². The van der Waals surface area contributed by atoms with Gasteiger partial charge in [0.05, 0.1) is 13.2 Å². The Morgan fingerprint density at radius 3 is 2.71 bits per heavy atom. The summed E-state index contributed by atoms with van der Waals surface area (Å²) in [4.78, 5) is 6.81. The highest BCUT2D eigenvalue weighted by Gasteiger charge is 2.15. The zero-order chi connectivity index (χ0) is 20.0. The number of anilines is 1. The van der Waals surface area contributed by atoms with Crippen molar-refractivity contribution in [1.82, 2.24) is 10.6 Å². The number of nitrogens with one attached hydrogen (secondary N) is 2. The fraction of sp³-hybridized carbons (Fsp3) is 0.682. The number of rotatable bonds is 12. The van der Waals surface area contributed by atoms with Crippen LogP contribution < -0.4 is 15.5 Å². The number of hydrogen-bond acceptors (Lipinski definition) is 4. The lowest BCUT2D eigenvalue weighted by atomic mass is 10.1. The molecule has 28 heavy (non-hydrogen) atoms. The molecule has 1 atom stereocenters. The number of hydrogen-bond donors (Lipinski definition) is 2. The summed E-state index contributed by atoms with van der Waals surface area (Å²) in [6.45, 7) is 8.01. The van der Waals surface area contributed by atoms with E-state index in [0.717, 1.165) is 77.7 Å². The second-order valence-electron chi connectivity index (χ2n) is 7.51. The lowest BCUT2D eigenvalue weighted by molar-refractivity contribution is 0.0888. The van der Waals surface area contributed by atoms with Crippen molar-refractivity contribution in [2.75, 3.05) is 65.1 Å². The van der Waals surface area contributed by atoms with Gasteiger partial charge >= 0.3 is 0 Å². The Bertz CT molecular complexity index is 554. The molecule has 1 saturated heterocycles. The molecule has 1 heterocycles. The summed E-state index contributed by atoms with van der Waals surface area (Å²) < 4.78 is 11.1. The molecule has 0 aromatic heterocycles. The molecule has 1 unspecified atom stereocenters. The Labute approximate surface area is 170 Å². The molecule has 2 N–H and O–H groups in total. The Kier molecular flexibility index (Phi) is 10.8. The normalized spacial score (nSPS) is 17.0. The minimum Gasteiger partial charge on any atom is -0.381 e. The number of guanidine groups is 1. The number of aryl methyl sites for hydroxylation is 1. The maximum atomic E-state index is 5.75. The highest BCUT2D eigenvalue weighted by Crippen LogP contribution is 2.13. The molecule has 0 saturated carbocycles. The van der Waals surface area contributed by atoms with E-state index in [4.69, 9.17) is 9.47 Å². The van der Waals surface area contributed by atoms with Crippen LogP contribution in [0.2, 0.25) is 0 Å². The van der Waals surface area contributed by atoms with Crippen LogP contribution in [0.25, 0.3) is 0 Å². The van der Waals surface area contributed by atoms with E-state index >= 15 is 0 Å². The van der Waals surface area contributed by atoms with Crippen LogP contribution in [0, 0.1) is 5.92 Å². The van der Waals surface area contributed by atoms with Crippen LogP contribution in [0.3, 0.4) is 0 Å². The molecule has 6 nitrogen and oxygen atoms in total. The van der Waals surface area contributed by atoms with Gasteiger partial charge in [-0.1, -0.05) is 12.1 Å². The number of ether oxygens (including phenoxy) is 2. The number of nitrogens with zero attached hydrogens (tertiary/aromatic N) is 2. The average molecular weight is 391 g/mol. The predicted molar refractivity (Wildman–Crippen MR) is 117 cm³/mol. The third-order valence-electron chi connectivity index (χ3n) is 4.83. The minimum atomic E-state index is 0.589. The van der Waals surface area contributed by atoms with E-state index in [1.165, 1.54) is 11.3 Å². The molecule has 0 aliphatic carbocycles. The van der Waals surface area contributed by atoms with E-state index < -0.39 is 0 Å². The Morgan fingerprint density at radius 2 is 2.04 bits per heavy atom. The van der Waals surface area contributed by atoms with Crippen LogP contribution in [0.4, 0.5) is 5.69 Å². The van der Waals surface area contributed by atoms with Crippen LogP contribution in [0.15, 0.2) is 29.3 Å². The van der Waals surface area contributed by atoms with Crippen LogP contribution in [-0.2, 0) is 15.9 Å². The first kappa shape index (κ1) is 22.5. The molecule has 6 heteroatoms. The summed E-state index contributed by atoms with van der Waals surface area (Å²) in [6.07, 6.45) is 4.21. The average Bonchev–Trinajstić information content (AvgIpc) is 3.21. The van der Waals surface area contributed by atoms with Gasteiger partial charge in [-0.2, -0.15) is 0 Å². The van der Waals surface area contributed by atoms with Gasteiger partial charge in [0, 0.05) is 58.5 Å². The fourth-order valence-corrected chi connectivity index (χ4v) is 3.12. The van der Waals surface area contributed by atoms with Crippen LogP contribution >= 0.6 is 0 Å². The molecule has 1 aromatic carbocycles.